The smallest absolute Gasteiger partial charge is 0.264 e. The van der Waals surface area contributed by atoms with Gasteiger partial charge in [-0.1, -0.05) is 109 Å². The Kier molecular flexibility index (Phi) is 11.4. The summed E-state index contributed by atoms with van der Waals surface area (Å²) in [5.41, 5.74) is 3.90. The maximum Gasteiger partial charge on any atom is 0.264 e. The van der Waals surface area contributed by atoms with Crippen molar-refractivity contribution in [1.82, 2.24) is 10.2 Å². The largest absolute Gasteiger partial charge is 0.354 e. The van der Waals surface area contributed by atoms with Crippen molar-refractivity contribution in [2.45, 2.75) is 51.6 Å². The lowest BCUT2D eigenvalue weighted by Gasteiger charge is -2.34. The van der Waals surface area contributed by atoms with Gasteiger partial charge in [-0.2, -0.15) is 0 Å². The quantitative estimate of drug-likeness (QED) is 0.178. The number of carbonyl (C=O) groups excluding carboxylic acids is 2. The van der Waals surface area contributed by atoms with E-state index in [1.807, 2.05) is 82.3 Å². The molecule has 2 amide bonds. The fraction of sp³-hybridized carbons (Fsp3) is 0.278. The molecule has 0 unspecified atom stereocenters. The molecule has 0 aromatic heterocycles. The van der Waals surface area contributed by atoms with Gasteiger partial charge in [0.25, 0.3) is 10.0 Å². The molecule has 236 valence electrons. The molecule has 4 aromatic rings. The number of rotatable bonds is 13. The summed E-state index contributed by atoms with van der Waals surface area (Å²) in [5.74, 6) is -0.624. The van der Waals surface area contributed by atoms with Crippen LogP contribution in [0.3, 0.4) is 0 Å². The molecule has 0 aliphatic heterocycles. The van der Waals surface area contributed by atoms with E-state index in [9.17, 15) is 18.0 Å². The first kappa shape index (κ1) is 33.7. The van der Waals surface area contributed by atoms with Gasteiger partial charge in [0.05, 0.1) is 10.6 Å². The minimum absolute atomic E-state index is 0.0430. The van der Waals surface area contributed by atoms with E-state index in [2.05, 4.69) is 5.32 Å². The topological polar surface area (TPSA) is 86.8 Å². The van der Waals surface area contributed by atoms with Gasteiger partial charge >= 0.3 is 0 Å². The second-order valence-corrected chi connectivity index (χ2v) is 14.0. The van der Waals surface area contributed by atoms with E-state index in [1.54, 1.807) is 30.3 Å². The fourth-order valence-corrected chi connectivity index (χ4v) is 6.45. The molecule has 0 heterocycles. The Hall–Kier alpha value is -4.14. The number of carbonyl (C=O) groups is 2. The highest BCUT2D eigenvalue weighted by atomic mass is 35.5. The molecule has 4 aromatic carbocycles. The SMILES string of the molecule is Cc1ccc(CN(C(=O)CN(c2cccc(Cl)c2)S(=O)(=O)c2ccc(C)cc2)[C@H](Cc2ccccc2)C(=O)NCC(C)C)cc1. The molecule has 0 spiro atoms. The van der Waals surface area contributed by atoms with Gasteiger partial charge in [0.15, 0.2) is 0 Å². The second-order valence-electron chi connectivity index (χ2n) is 11.7. The lowest BCUT2D eigenvalue weighted by atomic mass is 10.0. The number of amides is 2. The maximum atomic E-state index is 14.5. The van der Waals surface area contributed by atoms with E-state index < -0.39 is 28.5 Å². The lowest BCUT2D eigenvalue weighted by molar-refractivity contribution is -0.140. The van der Waals surface area contributed by atoms with Gasteiger partial charge < -0.3 is 10.2 Å². The molecule has 0 fully saturated rings. The van der Waals surface area contributed by atoms with E-state index in [-0.39, 0.29) is 35.4 Å². The molecule has 0 radical (unpaired) electrons. The number of hydrogen-bond acceptors (Lipinski definition) is 4. The average Bonchev–Trinajstić information content (AvgIpc) is 3.01. The predicted octanol–water partition coefficient (Wildman–Crippen LogP) is 6.56. The number of nitrogens with one attached hydrogen (secondary N) is 1. The molecule has 0 saturated carbocycles. The van der Waals surface area contributed by atoms with Gasteiger partial charge in [-0.05, 0) is 61.2 Å². The third-order valence-electron chi connectivity index (χ3n) is 7.41. The highest BCUT2D eigenvalue weighted by Crippen LogP contribution is 2.27. The Morgan fingerprint density at radius 2 is 1.42 bits per heavy atom. The van der Waals surface area contributed by atoms with Crippen LogP contribution in [0.2, 0.25) is 5.02 Å². The van der Waals surface area contributed by atoms with Crippen molar-refractivity contribution in [1.29, 1.82) is 0 Å². The Bertz CT molecular complexity index is 1690. The van der Waals surface area contributed by atoms with Gasteiger partial charge in [-0.25, -0.2) is 8.42 Å². The summed E-state index contributed by atoms with van der Waals surface area (Å²) in [6.45, 7) is 7.86. The number of sulfonamides is 1. The summed E-state index contributed by atoms with van der Waals surface area (Å²) in [6, 6.07) is 29.2. The molecular formula is C36H40ClN3O4S. The van der Waals surface area contributed by atoms with Gasteiger partial charge in [0, 0.05) is 24.5 Å². The van der Waals surface area contributed by atoms with Crippen LogP contribution < -0.4 is 9.62 Å². The predicted molar refractivity (Wildman–Crippen MR) is 181 cm³/mol. The van der Waals surface area contributed by atoms with E-state index in [4.69, 9.17) is 11.6 Å². The van der Waals surface area contributed by atoms with Crippen LogP contribution in [0.25, 0.3) is 0 Å². The zero-order chi connectivity index (χ0) is 32.6. The molecule has 0 bridgehead atoms. The number of aryl methyl sites for hydroxylation is 2. The molecule has 1 atom stereocenters. The summed E-state index contributed by atoms with van der Waals surface area (Å²) in [6.07, 6.45) is 0.254. The summed E-state index contributed by atoms with van der Waals surface area (Å²) in [4.78, 5) is 29.9. The van der Waals surface area contributed by atoms with Crippen LogP contribution in [-0.4, -0.2) is 44.3 Å². The molecule has 45 heavy (non-hydrogen) atoms. The van der Waals surface area contributed by atoms with E-state index >= 15 is 0 Å². The summed E-state index contributed by atoms with van der Waals surface area (Å²) in [5, 5.41) is 3.33. The van der Waals surface area contributed by atoms with E-state index in [0.717, 1.165) is 26.6 Å². The fourth-order valence-electron chi connectivity index (χ4n) is 4.86. The summed E-state index contributed by atoms with van der Waals surface area (Å²) < 4.78 is 29.3. The van der Waals surface area contributed by atoms with Gasteiger partial charge in [-0.3, -0.25) is 13.9 Å². The molecule has 1 N–H and O–H groups in total. The zero-order valence-corrected chi connectivity index (χ0v) is 27.7. The van der Waals surface area contributed by atoms with Crippen molar-refractivity contribution < 1.29 is 18.0 Å². The molecule has 4 rings (SSSR count). The zero-order valence-electron chi connectivity index (χ0n) is 26.1. The van der Waals surface area contributed by atoms with Crippen molar-refractivity contribution in [3.05, 3.63) is 130 Å². The van der Waals surface area contributed by atoms with Crippen molar-refractivity contribution in [3.63, 3.8) is 0 Å². The van der Waals surface area contributed by atoms with Crippen LogP contribution in [0.5, 0.6) is 0 Å². The molecule has 0 saturated heterocycles. The highest BCUT2D eigenvalue weighted by Gasteiger charge is 2.34. The first-order valence-corrected chi connectivity index (χ1v) is 16.8. The van der Waals surface area contributed by atoms with Gasteiger partial charge in [0.1, 0.15) is 12.6 Å². The van der Waals surface area contributed by atoms with E-state index in [0.29, 0.717) is 11.6 Å². The first-order chi connectivity index (χ1) is 21.4. The molecule has 7 nitrogen and oxygen atoms in total. The number of anilines is 1. The third-order valence-corrected chi connectivity index (χ3v) is 9.44. The molecule has 0 aliphatic rings. The normalized spacial score (nSPS) is 12.0. The summed E-state index contributed by atoms with van der Waals surface area (Å²) in [7, 11) is -4.19. The molecular weight excluding hydrogens is 606 g/mol. The maximum absolute atomic E-state index is 14.5. The van der Waals surface area contributed by atoms with Crippen molar-refractivity contribution in [2.75, 3.05) is 17.4 Å². The van der Waals surface area contributed by atoms with Gasteiger partial charge in [-0.15, -0.1) is 0 Å². The van der Waals surface area contributed by atoms with Crippen LogP contribution >= 0.6 is 11.6 Å². The van der Waals surface area contributed by atoms with Crippen molar-refractivity contribution in [2.24, 2.45) is 5.92 Å². The van der Waals surface area contributed by atoms with Crippen molar-refractivity contribution in [3.8, 4) is 0 Å². The Morgan fingerprint density at radius 1 is 0.800 bits per heavy atom. The average molecular weight is 646 g/mol. The van der Waals surface area contributed by atoms with Crippen LogP contribution in [0.1, 0.15) is 36.1 Å². The summed E-state index contributed by atoms with van der Waals surface area (Å²) >= 11 is 6.30. The van der Waals surface area contributed by atoms with Crippen LogP contribution in [0.4, 0.5) is 5.69 Å². The second kappa shape index (κ2) is 15.2. The molecule has 0 aliphatic carbocycles. The van der Waals surface area contributed by atoms with Crippen molar-refractivity contribution >= 4 is 39.1 Å². The number of benzene rings is 4. The lowest BCUT2D eigenvalue weighted by Crippen LogP contribution is -2.53. The minimum atomic E-state index is -4.19. The third kappa shape index (κ3) is 9.19. The molecule has 9 heteroatoms. The van der Waals surface area contributed by atoms with Crippen LogP contribution in [0, 0.1) is 19.8 Å². The monoisotopic (exact) mass is 645 g/mol. The Balaban J connectivity index is 1.79. The van der Waals surface area contributed by atoms with E-state index in [1.165, 1.54) is 23.1 Å². The number of halogens is 1. The standard InChI is InChI=1S/C36H40ClN3O4S/c1-26(2)23-38-36(42)34(21-29-9-6-5-7-10-29)39(24-30-17-13-27(3)14-18-30)35(41)25-40(32-12-8-11-31(37)22-32)45(43,44)33-19-15-28(4)16-20-33/h5-20,22,26,34H,21,23-25H2,1-4H3,(H,38,42)/t34-/m1/s1. The van der Waals surface area contributed by atoms with Crippen LogP contribution in [0.15, 0.2) is 108 Å². The number of hydrogen-bond donors (Lipinski definition) is 1. The Labute approximate surface area is 271 Å². The van der Waals surface area contributed by atoms with Gasteiger partial charge in [0.2, 0.25) is 11.8 Å². The highest BCUT2D eigenvalue weighted by molar-refractivity contribution is 7.92. The minimum Gasteiger partial charge on any atom is -0.354 e. The van der Waals surface area contributed by atoms with Crippen LogP contribution in [-0.2, 0) is 32.6 Å². The number of nitrogens with zero attached hydrogens (tertiary/aromatic N) is 2. The first-order valence-electron chi connectivity index (χ1n) is 15.0. The Morgan fingerprint density at radius 3 is 2.02 bits per heavy atom.